The van der Waals surface area contributed by atoms with E-state index < -0.39 is 16.1 Å². The second kappa shape index (κ2) is 9.60. The Bertz CT molecular complexity index is 1180. The summed E-state index contributed by atoms with van der Waals surface area (Å²) in [5, 5.41) is 3.73. The number of hydrogen-bond acceptors (Lipinski definition) is 4. The van der Waals surface area contributed by atoms with Crippen molar-refractivity contribution in [1.82, 2.24) is 0 Å². The van der Waals surface area contributed by atoms with Gasteiger partial charge in [0, 0.05) is 15.7 Å². The van der Waals surface area contributed by atoms with Gasteiger partial charge in [0.1, 0.15) is 5.75 Å². The third-order valence-electron chi connectivity index (χ3n) is 4.44. The molecule has 0 aliphatic rings. The number of anilines is 2. The maximum Gasteiger partial charge on any atom is 0.265 e. The molecule has 31 heavy (non-hydrogen) atoms. The molecular weight excluding hydrogens is 459 g/mol. The summed E-state index contributed by atoms with van der Waals surface area (Å²) in [6.07, 6.45) is -0.767. The van der Waals surface area contributed by atoms with E-state index in [-0.39, 0.29) is 10.8 Å². The minimum atomic E-state index is -3.82. The number of amides is 1. The van der Waals surface area contributed by atoms with Gasteiger partial charge in [0.25, 0.3) is 15.9 Å². The highest BCUT2D eigenvalue weighted by Gasteiger charge is 2.18. The number of sulfonamides is 1. The third kappa shape index (κ3) is 5.91. The summed E-state index contributed by atoms with van der Waals surface area (Å²) in [5.74, 6) is 0.133. The topological polar surface area (TPSA) is 84.5 Å². The first kappa shape index (κ1) is 22.9. The summed E-state index contributed by atoms with van der Waals surface area (Å²) < 4.78 is 33.4. The summed E-state index contributed by atoms with van der Waals surface area (Å²) in [6.45, 7) is 3.34. The molecule has 2 N–H and O–H groups in total. The zero-order chi connectivity index (χ0) is 22.6. The summed E-state index contributed by atoms with van der Waals surface area (Å²) in [4.78, 5) is 12.4. The first-order valence-corrected chi connectivity index (χ1v) is 11.5. The van der Waals surface area contributed by atoms with Crippen molar-refractivity contribution in [3.05, 3.63) is 82.3 Å². The fraction of sp³-hybridized carbons (Fsp3) is 0.136. The zero-order valence-corrected chi connectivity index (χ0v) is 19.1. The molecule has 0 spiro atoms. The van der Waals surface area contributed by atoms with Crippen LogP contribution in [0.3, 0.4) is 0 Å². The molecule has 0 aliphatic carbocycles. The molecule has 9 heteroatoms. The molecule has 0 radical (unpaired) electrons. The first-order valence-electron chi connectivity index (χ1n) is 9.27. The largest absolute Gasteiger partial charge is 0.481 e. The van der Waals surface area contributed by atoms with E-state index in [0.29, 0.717) is 32.7 Å². The lowest BCUT2D eigenvalue weighted by atomic mass is 10.2. The van der Waals surface area contributed by atoms with Crippen LogP contribution in [0.5, 0.6) is 5.75 Å². The van der Waals surface area contributed by atoms with Crippen LogP contribution in [-0.2, 0) is 14.8 Å². The van der Waals surface area contributed by atoms with Gasteiger partial charge in [-0.1, -0.05) is 29.3 Å². The number of nitrogens with one attached hydrogen (secondary N) is 2. The predicted molar refractivity (Wildman–Crippen MR) is 124 cm³/mol. The normalized spacial score (nSPS) is 12.1. The molecule has 3 aromatic rings. The van der Waals surface area contributed by atoms with Crippen LogP contribution in [0.15, 0.2) is 71.6 Å². The van der Waals surface area contributed by atoms with E-state index in [1.165, 1.54) is 24.3 Å². The van der Waals surface area contributed by atoms with Gasteiger partial charge >= 0.3 is 0 Å². The van der Waals surface area contributed by atoms with Crippen LogP contribution >= 0.6 is 23.2 Å². The van der Waals surface area contributed by atoms with E-state index in [2.05, 4.69) is 10.0 Å². The van der Waals surface area contributed by atoms with E-state index in [9.17, 15) is 13.2 Å². The number of rotatable bonds is 7. The summed E-state index contributed by atoms with van der Waals surface area (Å²) >= 11 is 11.9. The van der Waals surface area contributed by atoms with Gasteiger partial charge in [-0.05, 0) is 80.1 Å². The molecule has 0 saturated heterocycles. The van der Waals surface area contributed by atoms with Crippen molar-refractivity contribution in [2.45, 2.75) is 24.8 Å². The summed E-state index contributed by atoms with van der Waals surface area (Å²) in [6, 6.07) is 17.5. The van der Waals surface area contributed by atoms with E-state index in [0.717, 1.165) is 0 Å². The molecule has 0 fully saturated rings. The molecule has 0 heterocycles. The maximum absolute atomic E-state index is 12.7. The van der Waals surface area contributed by atoms with Crippen molar-refractivity contribution in [3.8, 4) is 5.75 Å². The molecular formula is C22H20Cl2N2O4S. The van der Waals surface area contributed by atoms with Crippen molar-refractivity contribution >= 4 is 50.5 Å². The van der Waals surface area contributed by atoms with E-state index >= 15 is 0 Å². The van der Waals surface area contributed by atoms with Gasteiger partial charge in [0.15, 0.2) is 6.10 Å². The highest BCUT2D eigenvalue weighted by atomic mass is 35.5. The molecule has 6 nitrogen and oxygen atoms in total. The summed E-state index contributed by atoms with van der Waals surface area (Å²) in [7, 11) is -3.82. The van der Waals surface area contributed by atoms with Crippen molar-refractivity contribution in [2.75, 3.05) is 10.0 Å². The molecule has 0 saturated carbocycles. The first-order chi connectivity index (χ1) is 14.7. The van der Waals surface area contributed by atoms with Crippen molar-refractivity contribution in [1.29, 1.82) is 0 Å². The number of hydrogen-bond donors (Lipinski definition) is 2. The Kier molecular flexibility index (Phi) is 7.10. The second-order valence-electron chi connectivity index (χ2n) is 6.75. The van der Waals surface area contributed by atoms with Gasteiger partial charge < -0.3 is 10.1 Å². The Balaban J connectivity index is 1.65. The van der Waals surface area contributed by atoms with Crippen molar-refractivity contribution in [3.63, 3.8) is 0 Å². The smallest absolute Gasteiger partial charge is 0.265 e. The highest BCUT2D eigenvalue weighted by molar-refractivity contribution is 7.92. The van der Waals surface area contributed by atoms with Crippen LogP contribution in [0.2, 0.25) is 10.0 Å². The lowest BCUT2D eigenvalue weighted by Gasteiger charge is -2.15. The molecule has 0 unspecified atom stereocenters. The fourth-order valence-electron chi connectivity index (χ4n) is 2.65. The standard InChI is InChI=1S/C22H20Cl2N2O4S/c1-14-20(24)4-3-5-21(14)26-31(28,29)19-12-8-17(9-13-19)25-22(27)15(2)30-18-10-6-16(23)7-11-18/h3-13,15,26H,1-2H3,(H,25,27)/t15-/m1/s1. The number of carbonyl (C=O) groups is 1. The Morgan fingerprint density at radius 2 is 1.61 bits per heavy atom. The molecule has 0 bridgehead atoms. The van der Waals surface area contributed by atoms with Gasteiger partial charge in [-0.2, -0.15) is 0 Å². The molecule has 3 rings (SSSR count). The maximum atomic E-state index is 12.7. The van der Waals surface area contributed by atoms with Gasteiger partial charge in [0.05, 0.1) is 10.6 Å². The zero-order valence-electron chi connectivity index (χ0n) is 16.7. The molecule has 0 aromatic heterocycles. The quantitative estimate of drug-likeness (QED) is 0.468. The third-order valence-corrected chi connectivity index (χ3v) is 6.48. The lowest BCUT2D eigenvalue weighted by Crippen LogP contribution is -2.30. The van der Waals surface area contributed by atoms with Crippen molar-refractivity contribution in [2.24, 2.45) is 0 Å². The van der Waals surface area contributed by atoms with Gasteiger partial charge in [-0.3, -0.25) is 9.52 Å². The molecule has 1 amide bonds. The van der Waals surface area contributed by atoms with Crippen LogP contribution in [0.4, 0.5) is 11.4 Å². The van der Waals surface area contributed by atoms with Crippen LogP contribution in [0.1, 0.15) is 12.5 Å². The van der Waals surface area contributed by atoms with Crippen LogP contribution in [0.25, 0.3) is 0 Å². The Morgan fingerprint density at radius 3 is 2.26 bits per heavy atom. The SMILES string of the molecule is Cc1c(Cl)cccc1NS(=O)(=O)c1ccc(NC(=O)[C@@H](C)Oc2ccc(Cl)cc2)cc1. The average molecular weight is 479 g/mol. The number of benzene rings is 3. The second-order valence-corrected chi connectivity index (χ2v) is 9.27. The Morgan fingerprint density at radius 1 is 0.968 bits per heavy atom. The van der Waals surface area contributed by atoms with Crippen LogP contribution in [-0.4, -0.2) is 20.4 Å². The molecule has 1 atom stereocenters. The fourth-order valence-corrected chi connectivity index (χ4v) is 4.08. The minimum absolute atomic E-state index is 0.0512. The summed E-state index contributed by atoms with van der Waals surface area (Å²) in [5.41, 5.74) is 1.47. The molecule has 0 aliphatic heterocycles. The van der Waals surface area contributed by atoms with Crippen molar-refractivity contribution < 1.29 is 17.9 Å². The van der Waals surface area contributed by atoms with E-state index in [4.69, 9.17) is 27.9 Å². The predicted octanol–water partition coefficient (Wildman–Crippen LogP) is 5.51. The molecule has 162 valence electrons. The minimum Gasteiger partial charge on any atom is -0.481 e. The monoisotopic (exact) mass is 478 g/mol. The van der Waals surface area contributed by atoms with Crippen LogP contribution in [0, 0.1) is 6.92 Å². The van der Waals surface area contributed by atoms with E-state index in [1.54, 1.807) is 56.3 Å². The van der Waals surface area contributed by atoms with Crippen LogP contribution < -0.4 is 14.8 Å². The van der Waals surface area contributed by atoms with E-state index in [1.807, 2.05) is 0 Å². The number of ether oxygens (including phenoxy) is 1. The highest BCUT2D eigenvalue weighted by Crippen LogP contribution is 2.26. The molecule has 3 aromatic carbocycles. The van der Waals surface area contributed by atoms with Gasteiger partial charge in [-0.25, -0.2) is 8.42 Å². The number of carbonyl (C=O) groups excluding carboxylic acids is 1. The lowest BCUT2D eigenvalue weighted by molar-refractivity contribution is -0.122. The van der Waals surface area contributed by atoms with Gasteiger partial charge in [-0.15, -0.1) is 0 Å². The van der Waals surface area contributed by atoms with Gasteiger partial charge in [0.2, 0.25) is 0 Å². The Hall–Kier alpha value is -2.74. The Labute approximate surface area is 191 Å². The average Bonchev–Trinajstić information content (AvgIpc) is 2.73. The number of halogens is 2.